The van der Waals surface area contributed by atoms with Crippen LogP contribution in [0, 0.1) is 11.3 Å². The minimum atomic E-state index is 0.761. The number of aryl methyl sites for hydroxylation is 2. The summed E-state index contributed by atoms with van der Waals surface area (Å²) < 4.78 is 0. The monoisotopic (exact) mass is 182 g/mol. The van der Waals surface area contributed by atoms with Crippen molar-refractivity contribution in [1.82, 2.24) is 4.98 Å². The van der Waals surface area contributed by atoms with E-state index in [0.717, 1.165) is 23.9 Å². The number of hydrogen-bond donors (Lipinski definition) is 1. The molecule has 0 fully saturated rings. The third-order valence-corrected chi connectivity index (χ3v) is 3.00. The molecule has 0 unspecified atom stereocenters. The molecule has 14 heavy (non-hydrogen) atoms. The average Bonchev–Trinajstić information content (AvgIpc) is 2.76. The first-order valence-corrected chi connectivity index (χ1v) is 4.92. The fourth-order valence-electron chi connectivity index (χ4n) is 2.36. The smallest absolute Gasteiger partial charge is 0.101 e. The van der Waals surface area contributed by atoms with Gasteiger partial charge in [-0.15, -0.1) is 0 Å². The molecule has 0 aliphatic heterocycles. The summed E-state index contributed by atoms with van der Waals surface area (Å²) in [5.74, 6) is 0. The number of benzene rings is 1. The Kier molecular flexibility index (Phi) is 1.43. The molecule has 0 saturated heterocycles. The van der Waals surface area contributed by atoms with E-state index in [4.69, 9.17) is 5.26 Å². The first-order valence-electron chi connectivity index (χ1n) is 4.92. The Hall–Kier alpha value is -1.75. The SMILES string of the molecule is N#Cc1cccc2c3c([nH]c12)CCC3. The van der Waals surface area contributed by atoms with Crippen LogP contribution in [0.5, 0.6) is 0 Å². The highest BCUT2D eigenvalue weighted by Crippen LogP contribution is 2.31. The van der Waals surface area contributed by atoms with Gasteiger partial charge in [0.25, 0.3) is 0 Å². The maximum atomic E-state index is 8.96. The van der Waals surface area contributed by atoms with Crippen LogP contribution in [0.3, 0.4) is 0 Å². The van der Waals surface area contributed by atoms with Crippen molar-refractivity contribution in [2.24, 2.45) is 0 Å². The van der Waals surface area contributed by atoms with Crippen LogP contribution in [0.15, 0.2) is 18.2 Å². The van der Waals surface area contributed by atoms with E-state index in [1.54, 1.807) is 0 Å². The summed E-state index contributed by atoms with van der Waals surface area (Å²) in [6.45, 7) is 0. The van der Waals surface area contributed by atoms with Crippen molar-refractivity contribution < 1.29 is 0 Å². The van der Waals surface area contributed by atoms with Gasteiger partial charge in [-0.25, -0.2) is 0 Å². The van der Waals surface area contributed by atoms with Gasteiger partial charge < -0.3 is 4.98 Å². The van der Waals surface area contributed by atoms with Crippen LogP contribution in [0.1, 0.15) is 23.2 Å². The van der Waals surface area contributed by atoms with Crippen molar-refractivity contribution in [2.45, 2.75) is 19.3 Å². The zero-order chi connectivity index (χ0) is 9.54. The highest BCUT2D eigenvalue weighted by molar-refractivity contribution is 5.89. The molecule has 68 valence electrons. The Balaban J connectivity index is 2.43. The molecule has 0 saturated carbocycles. The molecule has 0 bridgehead atoms. The molecule has 1 heterocycles. The fourth-order valence-corrected chi connectivity index (χ4v) is 2.36. The number of H-pyrrole nitrogens is 1. The number of nitrogens with zero attached hydrogens (tertiary/aromatic N) is 1. The number of nitrogens with one attached hydrogen (secondary N) is 1. The van der Waals surface area contributed by atoms with E-state index in [1.807, 2.05) is 12.1 Å². The first kappa shape index (κ1) is 7.64. The Bertz CT molecular complexity index is 543. The molecule has 1 N–H and O–H groups in total. The quantitative estimate of drug-likeness (QED) is 0.668. The zero-order valence-electron chi connectivity index (χ0n) is 7.80. The van der Waals surface area contributed by atoms with E-state index < -0.39 is 0 Å². The lowest BCUT2D eigenvalue weighted by atomic mass is 10.1. The molecular weight excluding hydrogens is 172 g/mol. The predicted molar refractivity (Wildman–Crippen MR) is 55.0 cm³/mol. The van der Waals surface area contributed by atoms with Crippen molar-refractivity contribution in [3.8, 4) is 6.07 Å². The third-order valence-electron chi connectivity index (χ3n) is 3.00. The van der Waals surface area contributed by atoms with Crippen molar-refractivity contribution >= 4 is 10.9 Å². The summed E-state index contributed by atoms with van der Waals surface area (Å²) >= 11 is 0. The van der Waals surface area contributed by atoms with Crippen LogP contribution < -0.4 is 0 Å². The van der Waals surface area contributed by atoms with Gasteiger partial charge in [0, 0.05) is 11.1 Å². The number of aromatic amines is 1. The van der Waals surface area contributed by atoms with E-state index in [2.05, 4.69) is 17.1 Å². The molecule has 1 aliphatic carbocycles. The van der Waals surface area contributed by atoms with Crippen LogP contribution in [0.4, 0.5) is 0 Å². The minimum absolute atomic E-state index is 0.761. The van der Waals surface area contributed by atoms with Crippen molar-refractivity contribution in [3.63, 3.8) is 0 Å². The summed E-state index contributed by atoms with van der Waals surface area (Å²) in [5, 5.41) is 10.2. The molecule has 0 radical (unpaired) electrons. The van der Waals surface area contributed by atoms with Gasteiger partial charge in [0.1, 0.15) is 6.07 Å². The second-order valence-electron chi connectivity index (χ2n) is 3.78. The molecule has 1 aromatic carbocycles. The van der Waals surface area contributed by atoms with Crippen molar-refractivity contribution in [1.29, 1.82) is 5.26 Å². The largest absolute Gasteiger partial charge is 0.357 e. The minimum Gasteiger partial charge on any atom is -0.357 e. The van der Waals surface area contributed by atoms with Gasteiger partial charge in [-0.3, -0.25) is 0 Å². The number of para-hydroxylation sites is 1. The third kappa shape index (κ3) is 0.843. The fraction of sp³-hybridized carbons (Fsp3) is 0.250. The summed E-state index contributed by atoms with van der Waals surface area (Å²) in [6.07, 6.45) is 3.53. The summed E-state index contributed by atoms with van der Waals surface area (Å²) in [4.78, 5) is 3.37. The summed E-state index contributed by atoms with van der Waals surface area (Å²) in [7, 11) is 0. The van der Waals surface area contributed by atoms with Crippen molar-refractivity contribution in [2.75, 3.05) is 0 Å². The van der Waals surface area contributed by atoms with Gasteiger partial charge in [-0.1, -0.05) is 12.1 Å². The lowest BCUT2D eigenvalue weighted by Crippen LogP contribution is -1.80. The van der Waals surface area contributed by atoms with E-state index >= 15 is 0 Å². The Morgan fingerprint density at radius 1 is 1.29 bits per heavy atom. The first-order chi connectivity index (χ1) is 6.90. The molecule has 3 rings (SSSR count). The van der Waals surface area contributed by atoms with E-state index in [1.165, 1.54) is 23.1 Å². The topological polar surface area (TPSA) is 39.6 Å². The van der Waals surface area contributed by atoms with E-state index in [-0.39, 0.29) is 0 Å². The Labute approximate surface area is 82.2 Å². The summed E-state index contributed by atoms with van der Waals surface area (Å²) in [6, 6.07) is 8.17. The molecule has 2 heteroatoms. The molecule has 1 aromatic heterocycles. The molecule has 0 atom stereocenters. The number of rotatable bonds is 0. The number of nitriles is 1. The van der Waals surface area contributed by atoms with Gasteiger partial charge in [0.15, 0.2) is 0 Å². The van der Waals surface area contributed by atoms with Crippen LogP contribution in [-0.2, 0) is 12.8 Å². The van der Waals surface area contributed by atoms with Crippen LogP contribution in [0.25, 0.3) is 10.9 Å². The molecule has 2 aromatic rings. The number of fused-ring (bicyclic) bond motifs is 3. The average molecular weight is 182 g/mol. The predicted octanol–water partition coefficient (Wildman–Crippen LogP) is 2.53. The highest BCUT2D eigenvalue weighted by Gasteiger charge is 2.17. The normalized spacial score (nSPS) is 14.2. The molecule has 2 nitrogen and oxygen atoms in total. The number of hydrogen-bond acceptors (Lipinski definition) is 1. The van der Waals surface area contributed by atoms with Gasteiger partial charge in [-0.2, -0.15) is 5.26 Å². The van der Waals surface area contributed by atoms with Crippen LogP contribution in [-0.4, -0.2) is 4.98 Å². The highest BCUT2D eigenvalue weighted by atomic mass is 14.7. The Morgan fingerprint density at radius 3 is 3.07 bits per heavy atom. The summed E-state index contributed by atoms with van der Waals surface area (Å²) in [5.41, 5.74) is 4.55. The van der Waals surface area contributed by atoms with Gasteiger partial charge in [0.05, 0.1) is 11.1 Å². The molecule has 0 spiro atoms. The van der Waals surface area contributed by atoms with Gasteiger partial charge in [-0.05, 0) is 30.9 Å². The van der Waals surface area contributed by atoms with Crippen LogP contribution in [0.2, 0.25) is 0 Å². The Morgan fingerprint density at radius 2 is 2.21 bits per heavy atom. The molecule has 1 aliphatic rings. The number of aromatic nitrogens is 1. The maximum absolute atomic E-state index is 8.96. The maximum Gasteiger partial charge on any atom is 0.101 e. The second kappa shape index (κ2) is 2.62. The zero-order valence-corrected chi connectivity index (χ0v) is 7.80. The van der Waals surface area contributed by atoms with Gasteiger partial charge >= 0.3 is 0 Å². The molecular formula is C12H10N2. The lowest BCUT2D eigenvalue weighted by molar-refractivity contribution is 0.899. The lowest BCUT2D eigenvalue weighted by Gasteiger charge is -1.94. The van der Waals surface area contributed by atoms with Crippen molar-refractivity contribution in [3.05, 3.63) is 35.0 Å². The van der Waals surface area contributed by atoms with E-state index in [9.17, 15) is 0 Å². The van der Waals surface area contributed by atoms with E-state index in [0.29, 0.717) is 0 Å². The molecule has 0 amide bonds. The second-order valence-corrected chi connectivity index (χ2v) is 3.78. The van der Waals surface area contributed by atoms with Crippen LogP contribution >= 0.6 is 0 Å². The standard InChI is InChI=1S/C12H10N2/c13-7-8-3-1-5-10-9-4-2-6-11(9)14-12(8)10/h1,3,5,14H,2,4,6H2. The van der Waals surface area contributed by atoms with Gasteiger partial charge in [0.2, 0.25) is 0 Å².